The molecule has 4 heteroatoms. The van der Waals surface area contributed by atoms with E-state index in [9.17, 15) is 4.79 Å². The maximum Gasteiger partial charge on any atom is 0.266 e. The molecule has 3 nitrogen and oxygen atoms in total. The van der Waals surface area contributed by atoms with Gasteiger partial charge in [0.15, 0.2) is 0 Å². The van der Waals surface area contributed by atoms with Gasteiger partial charge < -0.3 is 0 Å². The zero-order valence-electron chi connectivity index (χ0n) is 4.91. The summed E-state index contributed by atoms with van der Waals surface area (Å²) >= 11 is 2.01. The summed E-state index contributed by atoms with van der Waals surface area (Å²) < 4.78 is 0.837. The summed E-state index contributed by atoms with van der Waals surface area (Å²) in [5.74, 6) is -1.04. The van der Waals surface area contributed by atoms with Crippen LogP contribution in [0, 0.1) is 17.2 Å². The minimum Gasteiger partial charge on any atom is -0.271 e. The summed E-state index contributed by atoms with van der Waals surface area (Å²) in [4.78, 5) is 14.2. The summed E-state index contributed by atoms with van der Waals surface area (Å²) in [7, 11) is 0. The number of dihydropyridines is 1. The Hall–Kier alpha value is -0.700. The molecular formula is C6H3IN2O. The predicted molar refractivity (Wildman–Crippen MR) is 44.7 cm³/mol. The fraction of sp³-hybridized carbons (Fsp3) is 0.167. The Kier molecular flexibility index (Phi) is 2.17. The van der Waals surface area contributed by atoms with Gasteiger partial charge in [0, 0.05) is 9.79 Å². The number of carbonyl (C=O) groups is 1. The number of hydrogen-bond donors (Lipinski definition) is 0. The molecule has 1 rings (SSSR count). The Balaban J connectivity index is 2.90. The fourth-order valence-corrected chi connectivity index (χ4v) is 1.07. The number of hydrogen-bond acceptors (Lipinski definition) is 2. The van der Waals surface area contributed by atoms with Crippen molar-refractivity contribution in [1.29, 1.82) is 5.26 Å². The van der Waals surface area contributed by atoms with Crippen LogP contribution < -0.4 is 0 Å². The number of halogens is 1. The molecule has 1 atom stereocenters. The molecule has 0 N–H and O–H groups in total. The summed E-state index contributed by atoms with van der Waals surface area (Å²) in [6.07, 6.45) is 3.05. The second-order valence-electron chi connectivity index (χ2n) is 1.75. The first-order chi connectivity index (χ1) is 4.74. The van der Waals surface area contributed by atoms with Gasteiger partial charge in [-0.3, -0.25) is 4.79 Å². The first-order valence-electron chi connectivity index (χ1n) is 2.59. The maximum absolute atomic E-state index is 10.7. The number of rotatable bonds is 0. The zero-order valence-corrected chi connectivity index (χ0v) is 7.07. The van der Waals surface area contributed by atoms with Crippen LogP contribution in [0.3, 0.4) is 0 Å². The van der Waals surface area contributed by atoms with E-state index in [2.05, 4.69) is 4.99 Å². The third kappa shape index (κ3) is 1.42. The van der Waals surface area contributed by atoms with E-state index < -0.39 is 5.92 Å². The van der Waals surface area contributed by atoms with E-state index >= 15 is 0 Å². The normalized spacial score (nSPS) is 23.8. The lowest BCUT2D eigenvalue weighted by molar-refractivity contribution is -0.118. The van der Waals surface area contributed by atoms with Gasteiger partial charge in [0.25, 0.3) is 5.91 Å². The lowest BCUT2D eigenvalue weighted by Crippen LogP contribution is -2.11. The van der Waals surface area contributed by atoms with Crippen LogP contribution >= 0.6 is 22.6 Å². The van der Waals surface area contributed by atoms with Crippen molar-refractivity contribution < 1.29 is 4.79 Å². The van der Waals surface area contributed by atoms with Crippen molar-refractivity contribution in [2.24, 2.45) is 10.9 Å². The van der Waals surface area contributed by atoms with E-state index in [1.807, 2.05) is 28.7 Å². The number of nitrogens with zero attached hydrogens (tertiary/aromatic N) is 2. The first-order valence-corrected chi connectivity index (χ1v) is 3.67. The molecule has 1 unspecified atom stereocenters. The number of allylic oxidation sites excluding steroid dienone is 1. The number of aliphatic imine (C=N–C) groups is 1. The molecule has 0 radical (unpaired) electrons. The Bertz CT molecular complexity index is 261. The molecule has 0 saturated heterocycles. The average molecular weight is 246 g/mol. The summed E-state index contributed by atoms with van der Waals surface area (Å²) in [6.45, 7) is 0. The quantitative estimate of drug-likeness (QED) is 0.600. The molecule has 50 valence electrons. The third-order valence-corrected chi connectivity index (χ3v) is 1.68. The van der Waals surface area contributed by atoms with E-state index in [-0.39, 0.29) is 5.91 Å². The third-order valence-electron chi connectivity index (χ3n) is 1.05. The first kappa shape index (κ1) is 7.41. The van der Waals surface area contributed by atoms with Gasteiger partial charge in [-0.15, -0.1) is 0 Å². The highest BCUT2D eigenvalue weighted by Gasteiger charge is 2.16. The van der Waals surface area contributed by atoms with Crippen LogP contribution in [0.2, 0.25) is 0 Å². The topological polar surface area (TPSA) is 53.2 Å². The molecule has 1 heterocycles. The molecule has 0 aromatic carbocycles. The molecule has 0 aromatic rings. The van der Waals surface area contributed by atoms with Gasteiger partial charge in [0.1, 0.15) is 5.92 Å². The van der Waals surface area contributed by atoms with Gasteiger partial charge in [0.05, 0.1) is 6.07 Å². The van der Waals surface area contributed by atoms with Crippen LogP contribution in [0.4, 0.5) is 0 Å². The minimum absolute atomic E-state index is 0.372. The van der Waals surface area contributed by atoms with E-state index in [0.29, 0.717) is 0 Å². The lowest BCUT2D eigenvalue weighted by atomic mass is 10.1. The van der Waals surface area contributed by atoms with Crippen LogP contribution in [0.1, 0.15) is 0 Å². The van der Waals surface area contributed by atoms with Crippen molar-refractivity contribution in [3.05, 3.63) is 9.66 Å². The van der Waals surface area contributed by atoms with Gasteiger partial charge in [-0.25, -0.2) is 4.99 Å². The minimum atomic E-state index is -0.670. The van der Waals surface area contributed by atoms with Crippen LogP contribution in [-0.2, 0) is 4.79 Å². The Labute approximate surface area is 71.6 Å². The van der Waals surface area contributed by atoms with E-state index in [1.54, 1.807) is 6.08 Å². The summed E-state index contributed by atoms with van der Waals surface area (Å²) in [5, 5.41) is 8.39. The van der Waals surface area contributed by atoms with E-state index in [4.69, 9.17) is 5.26 Å². The highest BCUT2D eigenvalue weighted by atomic mass is 127. The predicted octanol–water partition coefficient (Wildman–Crippen LogP) is 1.06. The van der Waals surface area contributed by atoms with E-state index in [1.165, 1.54) is 6.21 Å². The standard InChI is InChI=1S/C6H3IN2O/c7-5-1-4(2-8)6(10)9-3-5/h1,3-4H. The van der Waals surface area contributed by atoms with Crippen LogP contribution in [0.15, 0.2) is 14.6 Å². The van der Waals surface area contributed by atoms with Crippen molar-refractivity contribution in [1.82, 2.24) is 0 Å². The molecular weight excluding hydrogens is 243 g/mol. The van der Waals surface area contributed by atoms with Gasteiger partial charge in [0.2, 0.25) is 0 Å². The number of carbonyl (C=O) groups excluding carboxylic acids is 1. The van der Waals surface area contributed by atoms with Crippen LogP contribution in [-0.4, -0.2) is 12.1 Å². The van der Waals surface area contributed by atoms with Crippen LogP contribution in [0.25, 0.3) is 0 Å². The molecule has 0 fully saturated rings. The van der Waals surface area contributed by atoms with Crippen molar-refractivity contribution in [3.63, 3.8) is 0 Å². The van der Waals surface area contributed by atoms with Crippen LogP contribution in [0.5, 0.6) is 0 Å². The molecule has 1 aliphatic heterocycles. The van der Waals surface area contributed by atoms with Crippen molar-refractivity contribution >= 4 is 34.7 Å². The summed E-state index contributed by atoms with van der Waals surface area (Å²) in [6, 6.07) is 1.84. The zero-order chi connectivity index (χ0) is 7.56. The molecule has 0 spiro atoms. The molecule has 0 aliphatic carbocycles. The Morgan fingerprint density at radius 2 is 2.50 bits per heavy atom. The number of amides is 1. The van der Waals surface area contributed by atoms with Crippen molar-refractivity contribution in [3.8, 4) is 6.07 Å². The Morgan fingerprint density at radius 1 is 1.80 bits per heavy atom. The molecule has 10 heavy (non-hydrogen) atoms. The smallest absolute Gasteiger partial charge is 0.266 e. The lowest BCUT2D eigenvalue weighted by Gasteiger charge is -2.02. The average Bonchev–Trinajstić information content (AvgIpc) is 1.94. The highest BCUT2D eigenvalue weighted by Crippen LogP contribution is 2.13. The van der Waals surface area contributed by atoms with Crippen molar-refractivity contribution in [2.45, 2.75) is 0 Å². The maximum atomic E-state index is 10.7. The monoisotopic (exact) mass is 246 g/mol. The number of nitriles is 1. The summed E-state index contributed by atoms with van der Waals surface area (Å²) in [5.41, 5.74) is 0. The highest BCUT2D eigenvalue weighted by molar-refractivity contribution is 14.1. The second-order valence-corrected chi connectivity index (χ2v) is 3.00. The van der Waals surface area contributed by atoms with Gasteiger partial charge >= 0.3 is 0 Å². The SMILES string of the molecule is N#CC1C=C(I)C=NC1=O. The van der Waals surface area contributed by atoms with Gasteiger partial charge in [-0.1, -0.05) is 0 Å². The van der Waals surface area contributed by atoms with Gasteiger partial charge in [-0.05, 0) is 28.7 Å². The van der Waals surface area contributed by atoms with Gasteiger partial charge in [-0.2, -0.15) is 5.26 Å². The molecule has 1 amide bonds. The largest absolute Gasteiger partial charge is 0.271 e. The molecule has 0 aromatic heterocycles. The van der Waals surface area contributed by atoms with E-state index in [0.717, 1.165) is 3.58 Å². The fourth-order valence-electron chi connectivity index (χ4n) is 0.572. The molecule has 1 aliphatic rings. The van der Waals surface area contributed by atoms with Crippen molar-refractivity contribution in [2.75, 3.05) is 0 Å². The second kappa shape index (κ2) is 2.92. The molecule has 0 saturated carbocycles. The Morgan fingerprint density at radius 3 is 3.00 bits per heavy atom. The molecule has 0 bridgehead atoms.